The molecule has 0 fully saturated rings. The van der Waals surface area contributed by atoms with Gasteiger partial charge in [-0.2, -0.15) is 0 Å². The van der Waals surface area contributed by atoms with Gasteiger partial charge in [0.05, 0.1) is 4.92 Å². The van der Waals surface area contributed by atoms with E-state index < -0.39 is 6.10 Å². The summed E-state index contributed by atoms with van der Waals surface area (Å²) in [5, 5.41) is 11.3. The number of aryl methyl sites for hydroxylation is 1. The van der Waals surface area contributed by atoms with Gasteiger partial charge in [-0.3, -0.25) is 10.1 Å². The second-order valence-corrected chi connectivity index (χ2v) is 4.78. The SMILES string of the molecule is Cc1ccc2c(c1)C=C([N+](=O)[O-])[C@H](c1ccccc1)O2. The smallest absolute Gasteiger partial charge is 0.291 e. The van der Waals surface area contributed by atoms with Gasteiger partial charge in [-0.15, -0.1) is 0 Å². The van der Waals surface area contributed by atoms with E-state index in [2.05, 4.69) is 0 Å². The molecule has 2 aromatic rings. The van der Waals surface area contributed by atoms with Gasteiger partial charge in [0, 0.05) is 17.2 Å². The molecule has 4 heteroatoms. The molecule has 1 aliphatic heterocycles. The molecule has 100 valence electrons. The molecule has 3 rings (SSSR count). The van der Waals surface area contributed by atoms with Crippen LogP contribution in [0.3, 0.4) is 0 Å². The molecule has 1 aliphatic rings. The van der Waals surface area contributed by atoms with Crippen molar-refractivity contribution >= 4 is 6.08 Å². The van der Waals surface area contributed by atoms with Crippen LogP contribution in [-0.4, -0.2) is 4.92 Å². The zero-order chi connectivity index (χ0) is 14.1. The summed E-state index contributed by atoms with van der Waals surface area (Å²) in [5.74, 6) is 0.676. The zero-order valence-corrected chi connectivity index (χ0v) is 10.9. The van der Waals surface area contributed by atoms with E-state index in [-0.39, 0.29) is 10.6 Å². The van der Waals surface area contributed by atoms with Crippen LogP contribution in [0.15, 0.2) is 54.2 Å². The molecule has 0 bridgehead atoms. The monoisotopic (exact) mass is 267 g/mol. The molecule has 0 radical (unpaired) electrons. The van der Waals surface area contributed by atoms with Crippen molar-refractivity contribution in [3.63, 3.8) is 0 Å². The van der Waals surface area contributed by atoms with E-state index in [9.17, 15) is 10.1 Å². The van der Waals surface area contributed by atoms with Crippen LogP contribution in [0, 0.1) is 17.0 Å². The summed E-state index contributed by atoms with van der Waals surface area (Å²) < 4.78 is 5.84. The zero-order valence-electron chi connectivity index (χ0n) is 10.9. The fraction of sp³-hybridized carbons (Fsp3) is 0.125. The van der Waals surface area contributed by atoms with Crippen LogP contribution in [0.25, 0.3) is 6.08 Å². The Hall–Kier alpha value is -2.62. The number of fused-ring (bicyclic) bond motifs is 1. The molecular weight excluding hydrogens is 254 g/mol. The highest BCUT2D eigenvalue weighted by Gasteiger charge is 2.32. The van der Waals surface area contributed by atoms with Gasteiger partial charge in [-0.05, 0) is 19.1 Å². The topological polar surface area (TPSA) is 52.4 Å². The molecule has 0 saturated carbocycles. The minimum Gasteiger partial charge on any atom is -0.474 e. The van der Waals surface area contributed by atoms with E-state index in [1.54, 1.807) is 6.08 Å². The first-order valence-corrected chi connectivity index (χ1v) is 6.33. The maximum Gasteiger partial charge on any atom is 0.291 e. The Morgan fingerprint density at radius 2 is 1.90 bits per heavy atom. The number of ether oxygens (including phenoxy) is 1. The Morgan fingerprint density at radius 1 is 1.15 bits per heavy atom. The molecular formula is C16H13NO3. The maximum absolute atomic E-state index is 11.3. The van der Waals surface area contributed by atoms with Gasteiger partial charge in [0.25, 0.3) is 5.70 Å². The van der Waals surface area contributed by atoms with Gasteiger partial charge >= 0.3 is 0 Å². The first-order valence-electron chi connectivity index (χ1n) is 6.33. The highest BCUT2D eigenvalue weighted by atomic mass is 16.6. The highest BCUT2D eigenvalue weighted by Crippen LogP contribution is 2.37. The van der Waals surface area contributed by atoms with Crippen molar-refractivity contribution in [3.05, 3.63) is 81.0 Å². The van der Waals surface area contributed by atoms with E-state index in [0.717, 1.165) is 16.7 Å². The third-order valence-electron chi connectivity index (χ3n) is 3.30. The van der Waals surface area contributed by atoms with Gasteiger partial charge < -0.3 is 4.74 Å². The van der Waals surface area contributed by atoms with E-state index in [4.69, 9.17) is 4.74 Å². The molecule has 1 atom stereocenters. The van der Waals surface area contributed by atoms with Crippen molar-refractivity contribution in [1.29, 1.82) is 0 Å². The van der Waals surface area contributed by atoms with Gasteiger partial charge in [-0.1, -0.05) is 42.0 Å². The quantitative estimate of drug-likeness (QED) is 0.615. The van der Waals surface area contributed by atoms with E-state index >= 15 is 0 Å². The Kier molecular flexibility index (Phi) is 2.99. The summed E-state index contributed by atoms with van der Waals surface area (Å²) in [6.45, 7) is 1.95. The van der Waals surface area contributed by atoms with Crippen LogP contribution < -0.4 is 4.74 Å². The third kappa shape index (κ3) is 2.16. The van der Waals surface area contributed by atoms with Crippen molar-refractivity contribution in [2.75, 3.05) is 0 Å². The molecule has 0 N–H and O–H groups in total. The minimum absolute atomic E-state index is 0.0642. The summed E-state index contributed by atoms with van der Waals surface area (Å²) in [7, 11) is 0. The Balaban J connectivity index is 2.10. The standard InChI is InChI=1S/C16H13NO3/c1-11-7-8-15-13(9-11)10-14(17(18)19)16(20-15)12-5-3-2-4-6-12/h2-10,16H,1H3/t16-/m0/s1. The molecule has 20 heavy (non-hydrogen) atoms. The second kappa shape index (κ2) is 4.81. The van der Waals surface area contributed by atoms with Crippen LogP contribution in [0.4, 0.5) is 0 Å². The fourth-order valence-electron chi connectivity index (χ4n) is 2.33. The molecule has 4 nitrogen and oxygen atoms in total. The first kappa shape index (κ1) is 12.4. The summed E-state index contributed by atoms with van der Waals surface area (Å²) in [4.78, 5) is 10.9. The minimum atomic E-state index is -0.665. The summed E-state index contributed by atoms with van der Waals surface area (Å²) in [6, 6.07) is 14.9. The summed E-state index contributed by atoms with van der Waals surface area (Å²) in [6.07, 6.45) is 0.935. The third-order valence-corrected chi connectivity index (χ3v) is 3.30. The van der Waals surface area contributed by atoms with Gasteiger partial charge in [0.2, 0.25) is 6.10 Å². The van der Waals surface area contributed by atoms with Crippen LogP contribution in [-0.2, 0) is 0 Å². The van der Waals surface area contributed by atoms with E-state index in [1.807, 2.05) is 55.5 Å². The average molecular weight is 267 g/mol. The number of nitro groups is 1. The van der Waals surface area contributed by atoms with E-state index in [1.165, 1.54) is 0 Å². The van der Waals surface area contributed by atoms with Crippen LogP contribution in [0.1, 0.15) is 22.8 Å². The lowest BCUT2D eigenvalue weighted by atomic mass is 10.00. The van der Waals surface area contributed by atoms with E-state index in [0.29, 0.717) is 5.75 Å². The highest BCUT2D eigenvalue weighted by molar-refractivity contribution is 5.63. The lowest BCUT2D eigenvalue weighted by Crippen LogP contribution is -2.19. The molecule has 0 saturated heterocycles. The predicted octanol–water partition coefficient (Wildman–Crippen LogP) is 3.75. The van der Waals surface area contributed by atoms with Crippen LogP contribution >= 0.6 is 0 Å². The van der Waals surface area contributed by atoms with Gasteiger partial charge in [0.1, 0.15) is 5.75 Å². The molecule has 0 aliphatic carbocycles. The lowest BCUT2D eigenvalue weighted by molar-refractivity contribution is -0.434. The number of hydrogen-bond donors (Lipinski definition) is 0. The second-order valence-electron chi connectivity index (χ2n) is 4.78. The molecule has 0 spiro atoms. The molecule has 0 amide bonds. The number of benzene rings is 2. The van der Waals surface area contributed by atoms with Crippen molar-refractivity contribution in [3.8, 4) is 5.75 Å². The lowest BCUT2D eigenvalue weighted by Gasteiger charge is -2.22. The maximum atomic E-state index is 11.3. The normalized spacial score (nSPS) is 16.9. The fourth-order valence-corrected chi connectivity index (χ4v) is 2.33. The van der Waals surface area contributed by atoms with Gasteiger partial charge in [-0.25, -0.2) is 0 Å². The summed E-state index contributed by atoms with van der Waals surface area (Å²) in [5.41, 5.74) is 2.64. The average Bonchev–Trinajstić information content (AvgIpc) is 2.46. The van der Waals surface area contributed by atoms with Crippen molar-refractivity contribution in [2.45, 2.75) is 13.0 Å². The summed E-state index contributed by atoms with van der Waals surface area (Å²) >= 11 is 0. The Morgan fingerprint density at radius 3 is 2.60 bits per heavy atom. The first-order chi connectivity index (χ1) is 9.65. The Bertz CT molecular complexity index is 692. The van der Waals surface area contributed by atoms with Crippen LogP contribution in [0.5, 0.6) is 5.75 Å². The number of rotatable bonds is 2. The molecule has 2 aromatic carbocycles. The number of hydrogen-bond acceptors (Lipinski definition) is 3. The van der Waals surface area contributed by atoms with Crippen LogP contribution in [0.2, 0.25) is 0 Å². The van der Waals surface area contributed by atoms with Gasteiger partial charge in [0.15, 0.2) is 0 Å². The molecule has 0 aromatic heterocycles. The van der Waals surface area contributed by atoms with Crippen molar-refractivity contribution < 1.29 is 9.66 Å². The molecule has 0 unspecified atom stereocenters. The largest absolute Gasteiger partial charge is 0.474 e. The van der Waals surface area contributed by atoms with Crippen molar-refractivity contribution in [2.24, 2.45) is 0 Å². The molecule has 1 heterocycles. The Labute approximate surface area is 116 Å². The predicted molar refractivity (Wildman–Crippen MR) is 76.0 cm³/mol. The number of nitrogens with zero attached hydrogens (tertiary/aromatic N) is 1. The van der Waals surface area contributed by atoms with Crippen molar-refractivity contribution in [1.82, 2.24) is 0 Å².